The molecule has 3 rings (SSSR count). The SMILES string of the molecule is CC(=O)Nc1ccc(C(=O)COC(=O)c2cc(C)n(C3CC3)c2C)cc1. The first kappa shape index (κ1) is 17.9. The van der Waals surface area contributed by atoms with Gasteiger partial charge in [-0.2, -0.15) is 0 Å². The van der Waals surface area contributed by atoms with Crippen LogP contribution in [0.15, 0.2) is 30.3 Å². The topological polar surface area (TPSA) is 77.4 Å². The van der Waals surface area contributed by atoms with E-state index in [0.29, 0.717) is 22.9 Å². The fourth-order valence-electron chi connectivity index (χ4n) is 3.11. The number of aromatic nitrogens is 1. The minimum Gasteiger partial charge on any atom is -0.454 e. The van der Waals surface area contributed by atoms with Crippen molar-refractivity contribution in [2.75, 3.05) is 11.9 Å². The van der Waals surface area contributed by atoms with Crippen molar-refractivity contribution >= 4 is 23.3 Å². The Morgan fingerprint density at radius 1 is 1.15 bits per heavy atom. The van der Waals surface area contributed by atoms with Crippen LogP contribution in [0.5, 0.6) is 0 Å². The van der Waals surface area contributed by atoms with Crippen LogP contribution in [0, 0.1) is 13.8 Å². The number of ketones is 1. The number of Topliss-reactive ketones (excluding diaryl/α,β-unsaturated/α-hetero) is 1. The number of benzene rings is 1. The molecule has 0 bridgehead atoms. The zero-order chi connectivity index (χ0) is 18.8. The van der Waals surface area contributed by atoms with Crippen molar-refractivity contribution in [2.24, 2.45) is 0 Å². The van der Waals surface area contributed by atoms with Gasteiger partial charge in [-0.05, 0) is 57.0 Å². The Morgan fingerprint density at radius 3 is 2.38 bits per heavy atom. The monoisotopic (exact) mass is 354 g/mol. The molecule has 136 valence electrons. The molecule has 1 aromatic carbocycles. The quantitative estimate of drug-likeness (QED) is 0.637. The molecular weight excluding hydrogens is 332 g/mol. The number of hydrogen-bond donors (Lipinski definition) is 1. The first-order valence-electron chi connectivity index (χ1n) is 8.63. The summed E-state index contributed by atoms with van der Waals surface area (Å²) in [6, 6.07) is 8.78. The third-order valence-electron chi connectivity index (χ3n) is 4.48. The highest BCUT2D eigenvalue weighted by Gasteiger charge is 2.28. The van der Waals surface area contributed by atoms with E-state index < -0.39 is 5.97 Å². The van der Waals surface area contributed by atoms with Crippen LogP contribution in [-0.4, -0.2) is 28.8 Å². The van der Waals surface area contributed by atoms with Gasteiger partial charge in [-0.25, -0.2) is 4.79 Å². The maximum atomic E-state index is 12.3. The second-order valence-corrected chi connectivity index (χ2v) is 6.64. The van der Waals surface area contributed by atoms with E-state index in [1.54, 1.807) is 24.3 Å². The van der Waals surface area contributed by atoms with E-state index in [0.717, 1.165) is 24.2 Å². The Balaban J connectivity index is 1.61. The molecule has 1 amide bonds. The highest BCUT2D eigenvalue weighted by Crippen LogP contribution is 2.38. The fraction of sp³-hybridized carbons (Fsp3) is 0.350. The van der Waals surface area contributed by atoms with Gasteiger partial charge in [0.25, 0.3) is 0 Å². The average Bonchev–Trinajstić information content (AvgIpc) is 3.37. The normalized spacial score (nSPS) is 13.3. The summed E-state index contributed by atoms with van der Waals surface area (Å²) in [5, 5.41) is 2.63. The van der Waals surface area contributed by atoms with E-state index in [4.69, 9.17) is 4.74 Å². The number of nitrogens with zero attached hydrogens (tertiary/aromatic N) is 1. The van der Waals surface area contributed by atoms with Gasteiger partial charge in [0, 0.05) is 35.6 Å². The summed E-state index contributed by atoms with van der Waals surface area (Å²) < 4.78 is 7.38. The molecule has 0 atom stereocenters. The van der Waals surface area contributed by atoms with Gasteiger partial charge in [0.2, 0.25) is 5.91 Å². The summed E-state index contributed by atoms with van der Waals surface area (Å²) in [7, 11) is 0. The summed E-state index contributed by atoms with van der Waals surface area (Å²) in [6.07, 6.45) is 2.27. The van der Waals surface area contributed by atoms with E-state index in [-0.39, 0.29) is 18.3 Å². The van der Waals surface area contributed by atoms with Crippen LogP contribution in [0.2, 0.25) is 0 Å². The molecule has 0 spiro atoms. The lowest BCUT2D eigenvalue weighted by Gasteiger charge is -2.08. The smallest absolute Gasteiger partial charge is 0.340 e. The molecule has 0 saturated heterocycles. The Bertz CT molecular complexity index is 861. The third kappa shape index (κ3) is 3.85. The lowest BCUT2D eigenvalue weighted by molar-refractivity contribution is -0.114. The minimum absolute atomic E-state index is 0.179. The number of carbonyl (C=O) groups excluding carboxylic acids is 3. The van der Waals surface area contributed by atoms with E-state index in [2.05, 4.69) is 9.88 Å². The summed E-state index contributed by atoms with van der Waals surface area (Å²) in [4.78, 5) is 35.6. The zero-order valence-electron chi connectivity index (χ0n) is 15.2. The van der Waals surface area contributed by atoms with Crippen molar-refractivity contribution in [3.63, 3.8) is 0 Å². The van der Waals surface area contributed by atoms with Crippen molar-refractivity contribution < 1.29 is 19.1 Å². The van der Waals surface area contributed by atoms with Gasteiger partial charge in [-0.3, -0.25) is 9.59 Å². The fourth-order valence-corrected chi connectivity index (χ4v) is 3.11. The van der Waals surface area contributed by atoms with Gasteiger partial charge in [0.1, 0.15) is 0 Å². The number of aryl methyl sites for hydroxylation is 1. The molecule has 1 fully saturated rings. The molecule has 1 N–H and O–H groups in total. The van der Waals surface area contributed by atoms with Crippen molar-refractivity contribution in [1.82, 2.24) is 4.57 Å². The Kier molecular flexibility index (Phi) is 4.93. The predicted octanol–water partition coefficient (Wildman–Crippen LogP) is 3.44. The number of amides is 1. The molecule has 0 radical (unpaired) electrons. The van der Waals surface area contributed by atoms with Crippen LogP contribution in [0.1, 0.15) is 57.9 Å². The van der Waals surface area contributed by atoms with Gasteiger partial charge in [0.05, 0.1) is 5.56 Å². The molecule has 2 aromatic rings. The van der Waals surface area contributed by atoms with E-state index >= 15 is 0 Å². The van der Waals surface area contributed by atoms with Crippen LogP contribution in [0.25, 0.3) is 0 Å². The number of anilines is 1. The summed E-state index contributed by atoms with van der Waals surface area (Å²) in [6.45, 7) is 4.98. The van der Waals surface area contributed by atoms with Crippen LogP contribution in [-0.2, 0) is 9.53 Å². The first-order chi connectivity index (χ1) is 12.4. The molecular formula is C20H22N2O4. The Morgan fingerprint density at radius 2 is 1.81 bits per heavy atom. The molecule has 0 aliphatic heterocycles. The highest BCUT2D eigenvalue weighted by molar-refractivity contribution is 6.00. The Labute approximate surface area is 152 Å². The number of esters is 1. The average molecular weight is 354 g/mol. The number of ether oxygens (including phenoxy) is 1. The lowest BCUT2D eigenvalue weighted by Crippen LogP contribution is -2.15. The maximum absolute atomic E-state index is 12.3. The van der Waals surface area contributed by atoms with Crippen LogP contribution in [0.3, 0.4) is 0 Å². The van der Waals surface area contributed by atoms with Gasteiger partial charge < -0.3 is 14.6 Å². The highest BCUT2D eigenvalue weighted by atomic mass is 16.5. The van der Waals surface area contributed by atoms with Crippen molar-refractivity contribution in [3.8, 4) is 0 Å². The molecule has 26 heavy (non-hydrogen) atoms. The van der Waals surface area contributed by atoms with E-state index in [1.165, 1.54) is 6.92 Å². The molecule has 6 heteroatoms. The van der Waals surface area contributed by atoms with Crippen molar-refractivity contribution in [3.05, 3.63) is 52.8 Å². The van der Waals surface area contributed by atoms with Crippen LogP contribution in [0.4, 0.5) is 5.69 Å². The molecule has 1 aliphatic carbocycles. The standard InChI is InChI=1S/C20H22N2O4/c1-12-10-18(13(2)22(12)17-8-9-17)20(25)26-11-19(24)15-4-6-16(7-5-15)21-14(3)23/h4-7,10,17H,8-9,11H2,1-3H3,(H,21,23). The lowest BCUT2D eigenvalue weighted by atomic mass is 10.1. The summed E-state index contributed by atoms with van der Waals surface area (Å²) >= 11 is 0. The predicted molar refractivity (Wildman–Crippen MR) is 97.5 cm³/mol. The van der Waals surface area contributed by atoms with Crippen LogP contribution < -0.4 is 5.32 Å². The molecule has 1 heterocycles. The van der Waals surface area contributed by atoms with Gasteiger partial charge in [-0.1, -0.05) is 0 Å². The second kappa shape index (κ2) is 7.15. The molecule has 1 aromatic heterocycles. The number of carbonyl (C=O) groups is 3. The molecule has 0 unspecified atom stereocenters. The number of hydrogen-bond acceptors (Lipinski definition) is 4. The van der Waals surface area contributed by atoms with Crippen molar-refractivity contribution in [2.45, 2.75) is 39.7 Å². The molecule has 1 saturated carbocycles. The van der Waals surface area contributed by atoms with E-state index in [9.17, 15) is 14.4 Å². The maximum Gasteiger partial charge on any atom is 0.340 e. The van der Waals surface area contributed by atoms with Gasteiger partial charge in [0.15, 0.2) is 12.4 Å². The first-order valence-corrected chi connectivity index (χ1v) is 8.63. The van der Waals surface area contributed by atoms with Gasteiger partial charge in [-0.15, -0.1) is 0 Å². The summed E-state index contributed by atoms with van der Waals surface area (Å²) in [5.41, 5.74) is 3.48. The molecule has 6 nitrogen and oxygen atoms in total. The summed E-state index contributed by atoms with van der Waals surface area (Å²) in [5.74, 6) is -0.946. The number of nitrogens with one attached hydrogen (secondary N) is 1. The van der Waals surface area contributed by atoms with Crippen LogP contribution >= 0.6 is 0 Å². The number of rotatable bonds is 6. The third-order valence-corrected chi connectivity index (χ3v) is 4.48. The largest absolute Gasteiger partial charge is 0.454 e. The van der Waals surface area contributed by atoms with E-state index in [1.807, 2.05) is 19.9 Å². The minimum atomic E-state index is -0.479. The van der Waals surface area contributed by atoms with Gasteiger partial charge >= 0.3 is 5.97 Å². The Hall–Kier alpha value is -2.89. The zero-order valence-corrected chi connectivity index (χ0v) is 15.2. The van der Waals surface area contributed by atoms with Crippen molar-refractivity contribution in [1.29, 1.82) is 0 Å². The second-order valence-electron chi connectivity index (χ2n) is 6.64. The molecule has 1 aliphatic rings.